The van der Waals surface area contributed by atoms with Gasteiger partial charge < -0.3 is 5.11 Å². The molecule has 0 aliphatic heterocycles. The van der Waals surface area contributed by atoms with Crippen LogP contribution in [-0.4, -0.2) is 35.9 Å². The molecule has 0 spiro atoms. The summed E-state index contributed by atoms with van der Waals surface area (Å²) in [4.78, 5) is 10.7. The van der Waals surface area contributed by atoms with E-state index in [0.717, 1.165) is 4.31 Å². The summed E-state index contributed by atoms with van der Waals surface area (Å²) in [6.07, 6.45) is 0. The Kier molecular flexibility index (Phi) is 4.99. The predicted octanol–water partition coefficient (Wildman–Crippen LogP) is 2.09. The fraction of sp³-hybridized carbons (Fsp3) is 0.385. The summed E-state index contributed by atoms with van der Waals surface area (Å²) in [7, 11) is -4.10. The quantitative estimate of drug-likeness (QED) is 0.911. The number of carbonyl (C=O) groups is 1. The van der Waals surface area contributed by atoms with E-state index in [2.05, 4.69) is 0 Å². The van der Waals surface area contributed by atoms with Crippen molar-refractivity contribution in [1.29, 1.82) is 5.26 Å². The third-order valence-corrected chi connectivity index (χ3v) is 5.25. The third kappa shape index (κ3) is 3.94. The standard InChI is InChI=1S/C13H15ClN2O4S/c1-13(2,3)16(8-12(17)18)21(19,20)11-5-4-9(7-15)6-10(11)14/h4-6H,8H2,1-3H3,(H,17,18). The number of rotatable bonds is 4. The van der Waals surface area contributed by atoms with Gasteiger partial charge in [0.05, 0.1) is 16.7 Å². The SMILES string of the molecule is CC(C)(C)N(CC(=O)O)S(=O)(=O)c1ccc(C#N)cc1Cl. The summed E-state index contributed by atoms with van der Waals surface area (Å²) in [5.41, 5.74) is -0.714. The Balaban J connectivity index is 3.43. The number of aliphatic carboxylic acids is 1. The topological polar surface area (TPSA) is 98.5 Å². The minimum Gasteiger partial charge on any atom is -0.480 e. The molecule has 0 unspecified atom stereocenters. The highest BCUT2D eigenvalue weighted by Gasteiger charge is 2.36. The summed E-state index contributed by atoms with van der Waals surface area (Å²) in [6, 6.07) is 5.61. The smallest absolute Gasteiger partial charge is 0.318 e. The number of hydrogen-bond acceptors (Lipinski definition) is 4. The van der Waals surface area contributed by atoms with Gasteiger partial charge in [0.2, 0.25) is 10.0 Å². The zero-order valence-corrected chi connectivity index (χ0v) is 13.4. The average Bonchev–Trinajstić information content (AvgIpc) is 2.33. The average molecular weight is 331 g/mol. The number of carboxylic acid groups (broad SMARTS) is 1. The van der Waals surface area contributed by atoms with Crippen molar-refractivity contribution in [1.82, 2.24) is 4.31 Å². The highest BCUT2D eigenvalue weighted by molar-refractivity contribution is 7.89. The van der Waals surface area contributed by atoms with Crippen LogP contribution >= 0.6 is 11.6 Å². The molecule has 8 heteroatoms. The largest absolute Gasteiger partial charge is 0.480 e. The van der Waals surface area contributed by atoms with Gasteiger partial charge in [-0.1, -0.05) is 11.6 Å². The van der Waals surface area contributed by atoms with Gasteiger partial charge in [-0.3, -0.25) is 4.79 Å². The first kappa shape index (κ1) is 17.4. The number of halogens is 1. The zero-order chi connectivity index (χ0) is 16.4. The summed E-state index contributed by atoms with van der Waals surface area (Å²) >= 11 is 5.92. The Morgan fingerprint density at radius 3 is 2.38 bits per heavy atom. The molecule has 1 aromatic carbocycles. The number of nitrogens with zero attached hydrogens (tertiary/aromatic N) is 2. The summed E-state index contributed by atoms with van der Waals surface area (Å²) in [6.45, 7) is 4.09. The van der Waals surface area contributed by atoms with Gasteiger partial charge in [0, 0.05) is 5.54 Å². The molecule has 0 aliphatic rings. The van der Waals surface area contributed by atoms with Crippen molar-refractivity contribution >= 4 is 27.6 Å². The lowest BCUT2D eigenvalue weighted by atomic mass is 10.1. The van der Waals surface area contributed by atoms with Gasteiger partial charge in [-0.15, -0.1) is 0 Å². The molecule has 0 radical (unpaired) electrons. The van der Waals surface area contributed by atoms with Crippen molar-refractivity contribution in [3.63, 3.8) is 0 Å². The van der Waals surface area contributed by atoms with Crippen LogP contribution in [0.25, 0.3) is 0 Å². The highest BCUT2D eigenvalue weighted by atomic mass is 35.5. The molecule has 0 bridgehead atoms. The molecule has 0 amide bonds. The Hall–Kier alpha value is -1.62. The number of benzene rings is 1. The minimum atomic E-state index is -4.10. The Morgan fingerprint density at radius 2 is 2.00 bits per heavy atom. The van der Waals surface area contributed by atoms with Crippen molar-refractivity contribution in [2.24, 2.45) is 0 Å². The lowest BCUT2D eigenvalue weighted by Gasteiger charge is -2.33. The van der Waals surface area contributed by atoms with Gasteiger partial charge in [-0.05, 0) is 39.0 Å². The predicted molar refractivity (Wildman–Crippen MR) is 77.4 cm³/mol. The normalized spacial score (nSPS) is 12.2. The van der Waals surface area contributed by atoms with Crippen LogP contribution in [0.4, 0.5) is 0 Å². The maximum absolute atomic E-state index is 12.6. The molecule has 0 saturated carbocycles. The van der Waals surface area contributed by atoms with Crippen LogP contribution in [0.2, 0.25) is 5.02 Å². The zero-order valence-electron chi connectivity index (χ0n) is 11.8. The van der Waals surface area contributed by atoms with E-state index in [9.17, 15) is 13.2 Å². The Labute approximate surface area is 128 Å². The molecule has 21 heavy (non-hydrogen) atoms. The van der Waals surface area contributed by atoms with E-state index < -0.39 is 28.1 Å². The fourth-order valence-corrected chi connectivity index (χ4v) is 3.96. The summed E-state index contributed by atoms with van der Waals surface area (Å²) < 4.78 is 26.1. The van der Waals surface area contributed by atoms with Crippen molar-refractivity contribution in [3.05, 3.63) is 28.8 Å². The van der Waals surface area contributed by atoms with E-state index in [1.165, 1.54) is 18.2 Å². The monoisotopic (exact) mass is 330 g/mol. The van der Waals surface area contributed by atoms with Crippen LogP contribution in [-0.2, 0) is 14.8 Å². The maximum Gasteiger partial charge on any atom is 0.318 e. The molecular weight excluding hydrogens is 316 g/mol. The number of hydrogen-bond donors (Lipinski definition) is 1. The first-order valence-electron chi connectivity index (χ1n) is 5.94. The molecule has 0 fully saturated rings. The van der Waals surface area contributed by atoms with E-state index in [-0.39, 0.29) is 15.5 Å². The van der Waals surface area contributed by atoms with Gasteiger partial charge in [-0.25, -0.2) is 8.42 Å². The van der Waals surface area contributed by atoms with Gasteiger partial charge in [0.15, 0.2) is 0 Å². The maximum atomic E-state index is 12.6. The molecular formula is C13H15ClN2O4S. The summed E-state index contributed by atoms with van der Waals surface area (Å²) in [5, 5.41) is 17.6. The molecule has 1 rings (SSSR count). The van der Waals surface area contributed by atoms with E-state index >= 15 is 0 Å². The molecule has 114 valence electrons. The fourth-order valence-electron chi connectivity index (χ4n) is 1.70. The van der Waals surface area contributed by atoms with Gasteiger partial charge >= 0.3 is 5.97 Å². The molecule has 1 aromatic rings. The summed E-state index contributed by atoms with van der Waals surface area (Å²) in [5.74, 6) is -1.27. The first-order valence-corrected chi connectivity index (χ1v) is 7.76. The molecule has 0 aliphatic carbocycles. The molecule has 0 aromatic heterocycles. The van der Waals surface area contributed by atoms with Crippen LogP contribution in [0.5, 0.6) is 0 Å². The van der Waals surface area contributed by atoms with Crippen LogP contribution in [0, 0.1) is 11.3 Å². The molecule has 0 atom stereocenters. The van der Waals surface area contributed by atoms with Crippen LogP contribution in [0.1, 0.15) is 26.3 Å². The van der Waals surface area contributed by atoms with Gasteiger partial charge in [-0.2, -0.15) is 9.57 Å². The van der Waals surface area contributed by atoms with Crippen LogP contribution < -0.4 is 0 Å². The van der Waals surface area contributed by atoms with Crippen molar-refractivity contribution in [2.45, 2.75) is 31.2 Å². The molecule has 1 N–H and O–H groups in total. The van der Waals surface area contributed by atoms with Crippen molar-refractivity contribution in [3.8, 4) is 6.07 Å². The minimum absolute atomic E-state index is 0.117. The second kappa shape index (κ2) is 6.02. The van der Waals surface area contributed by atoms with E-state index in [4.69, 9.17) is 22.0 Å². The van der Waals surface area contributed by atoms with Gasteiger partial charge in [0.25, 0.3) is 0 Å². The third-order valence-electron chi connectivity index (χ3n) is 2.66. The first-order chi connectivity index (χ1) is 9.50. The molecule has 0 saturated heterocycles. The molecule has 0 heterocycles. The van der Waals surface area contributed by atoms with Crippen LogP contribution in [0.3, 0.4) is 0 Å². The van der Waals surface area contributed by atoms with Crippen LogP contribution in [0.15, 0.2) is 23.1 Å². The Morgan fingerprint density at radius 1 is 1.43 bits per heavy atom. The number of nitriles is 1. The second-order valence-corrected chi connectivity index (χ2v) is 7.57. The highest BCUT2D eigenvalue weighted by Crippen LogP contribution is 2.29. The van der Waals surface area contributed by atoms with Crippen molar-refractivity contribution < 1.29 is 18.3 Å². The lowest BCUT2D eigenvalue weighted by Crippen LogP contribution is -2.48. The number of sulfonamides is 1. The number of carboxylic acids is 1. The van der Waals surface area contributed by atoms with Gasteiger partial charge in [0.1, 0.15) is 11.4 Å². The molecule has 6 nitrogen and oxygen atoms in total. The lowest BCUT2D eigenvalue weighted by molar-refractivity contribution is -0.138. The van der Waals surface area contributed by atoms with Crippen molar-refractivity contribution in [2.75, 3.05) is 6.54 Å². The van der Waals surface area contributed by atoms with E-state index in [1.807, 2.05) is 6.07 Å². The van der Waals surface area contributed by atoms with E-state index in [0.29, 0.717) is 0 Å². The van der Waals surface area contributed by atoms with E-state index in [1.54, 1.807) is 20.8 Å². The Bertz CT molecular complexity index is 702. The second-order valence-electron chi connectivity index (χ2n) is 5.33.